The van der Waals surface area contributed by atoms with Crippen molar-refractivity contribution >= 4 is 5.91 Å². The first-order valence-corrected chi connectivity index (χ1v) is 3.29. The molecule has 0 atom stereocenters. The minimum atomic E-state index is -0.0157. The number of aromatic nitrogens is 2. The number of amides is 1. The first-order valence-electron chi connectivity index (χ1n) is 3.29. The summed E-state index contributed by atoms with van der Waals surface area (Å²) in [6, 6.07) is 1.77. The van der Waals surface area contributed by atoms with E-state index < -0.39 is 0 Å². The van der Waals surface area contributed by atoms with Crippen LogP contribution in [0.2, 0.25) is 0 Å². The average molecular weight is 151 g/mol. The maximum Gasteiger partial charge on any atom is 0.224 e. The minimum absolute atomic E-state index is 0.0157. The van der Waals surface area contributed by atoms with Crippen molar-refractivity contribution in [2.45, 2.75) is 6.42 Å². The lowest BCUT2D eigenvalue weighted by Gasteiger charge is -1.96. The molecule has 1 heterocycles. The highest BCUT2D eigenvalue weighted by molar-refractivity contribution is 5.77. The second kappa shape index (κ2) is 3.65. The van der Waals surface area contributed by atoms with Gasteiger partial charge in [-0.1, -0.05) is 0 Å². The monoisotopic (exact) mass is 151 g/mol. The van der Waals surface area contributed by atoms with Crippen LogP contribution in [0.25, 0.3) is 0 Å². The van der Waals surface area contributed by atoms with Gasteiger partial charge in [-0.25, -0.2) is 0 Å². The fourth-order valence-electron chi connectivity index (χ4n) is 0.696. The summed E-state index contributed by atoms with van der Waals surface area (Å²) in [5.41, 5.74) is 0.874. The van der Waals surface area contributed by atoms with Gasteiger partial charge in [0.05, 0.1) is 12.6 Å². The van der Waals surface area contributed by atoms with E-state index in [2.05, 4.69) is 15.5 Å². The summed E-state index contributed by atoms with van der Waals surface area (Å²) in [4.78, 5) is 10.8. The van der Waals surface area contributed by atoms with E-state index in [1.807, 2.05) is 0 Å². The van der Waals surface area contributed by atoms with Crippen molar-refractivity contribution in [3.8, 4) is 0 Å². The Balaban J connectivity index is 2.58. The second-order valence-corrected chi connectivity index (χ2v) is 2.10. The van der Waals surface area contributed by atoms with Crippen LogP contribution in [0.5, 0.6) is 0 Å². The molecule has 4 nitrogen and oxygen atoms in total. The van der Waals surface area contributed by atoms with Gasteiger partial charge in [-0.3, -0.25) is 4.79 Å². The molecule has 0 bridgehead atoms. The zero-order valence-electron chi connectivity index (χ0n) is 6.24. The van der Waals surface area contributed by atoms with Crippen molar-refractivity contribution in [3.63, 3.8) is 0 Å². The molecule has 0 aliphatic rings. The summed E-state index contributed by atoms with van der Waals surface area (Å²) in [5, 5.41) is 9.77. The summed E-state index contributed by atoms with van der Waals surface area (Å²) in [6.07, 6.45) is 3.51. The number of likely N-dealkylation sites (N-methyl/N-ethyl adjacent to an activating group) is 1. The van der Waals surface area contributed by atoms with E-state index in [-0.39, 0.29) is 5.91 Å². The van der Waals surface area contributed by atoms with Gasteiger partial charge in [0.2, 0.25) is 5.91 Å². The Hall–Kier alpha value is -1.45. The molecule has 0 aromatic carbocycles. The molecule has 0 spiro atoms. The van der Waals surface area contributed by atoms with Crippen molar-refractivity contribution < 1.29 is 4.79 Å². The van der Waals surface area contributed by atoms with E-state index in [1.165, 1.54) is 0 Å². The molecule has 0 aliphatic heterocycles. The van der Waals surface area contributed by atoms with Gasteiger partial charge in [0.25, 0.3) is 0 Å². The number of carbonyl (C=O) groups is 1. The molecule has 0 radical (unpaired) electrons. The largest absolute Gasteiger partial charge is 0.359 e. The van der Waals surface area contributed by atoms with E-state index in [1.54, 1.807) is 25.5 Å². The van der Waals surface area contributed by atoms with Gasteiger partial charge in [0.1, 0.15) is 0 Å². The number of nitrogens with one attached hydrogen (secondary N) is 1. The Morgan fingerprint density at radius 2 is 2.45 bits per heavy atom. The standard InChI is InChI=1S/C7H9N3O/c1-8-7(11)4-6-2-3-9-10-5-6/h2-3,5H,4H2,1H3,(H,8,11). The lowest BCUT2D eigenvalue weighted by Crippen LogP contribution is -2.19. The van der Waals surface area contributed by atoms with Crippen LogP contribution in [0.3, 0.4) is 0 Å². The molecule has 11 heavy (non-hydrogen) atoms. The second-order valence-electron chi connectivity index (χ2n) is 2.10. The topological polar surface area (TPSA) is 54.9 Å². The summed E-state index contributed by atoms with van der Waals surface area (Å²) < 4.78 is 0. The molecule has 58 valence electrons. The summed E-state index contributed by atoms with van der Waals surface area (Å²) in [5.74, 6) is -0.0157. The van der Waals surface area contributed by atoms with E-state index >= 15 is 0 Å². The molecule has 0 aliphatic carbocycles. The maximum absolute atomic E-state index is 10.8. The van der Waals surface area contributed by atoms with Crippen LogP contribution in [0, 0.1) is 0 Å². The van der Waals surface area contributed by atoms with E-state index in [0.717, 1.165) is 5.56 Å². The molecular weight excluding hydrogens is 142 g/mol. The van der Waals surface area contributed by atoms with Crippen LogP contribution < -0.4 is 5.32 Å². The lowest BCUT2D eigenvalue weighted by atomic mass is 10.2. The van der Waals surface area contributed by atoms with Gasteiger partial charge >= 0.3 is 0 Å². The van der Waals surface area contributed by atoms with Gasteiger partial charge in [-0.15, -0.1) is 0 Å². The van der Waals surface area contributed by atoms with Crippen LogP contribution in [0.4, 0.5) is 0 Å². The van der Waals surface area contributed by atoms with Crippen LogP contribution in [0.1, 0.15) is 5.56 Å². The number of nitrogens with zero attached hydrogens (tertiary/aromatic N) is 2. The van der Waals surface area contributed by atoms with Gasteiger partial charge in [-0.05, 0) is 11.6 Å². The van der Waals surface area contributed by atoms with Crippen LogP contribution in [-0.2, 0) is 11.2 Å². The molecule has 1 aromatic heterocycles. The number of rotatable bonds is 2. The fraction of sp³-hybridized carbons (Fsp3) is 0.286. The van der Waals surface area contributed by atoms with Crippen LogP contribution in [-0.4, -0.2) is 23.2 Å². The van der Waals surface area contributed by atoms with Gasteiger partial charge < -0.3 is 5.32 Å². The summed E-state index contributed by atoms with van der Waals surface area (Å²) >= 11 is 0. The van der Waals surface area contributed by atoms with E-state index in [0.29, 0.717) is 6.42 Å². The molecule has 0 fully saturated rings. The van der Waals surface area contributed by atoms with Gasteiger partial charge in [-0.2, -0.15) is 10.2 Å². The highest BCUT2D eigenvalue weighted by Crippen LogP contribution is 1.93. The third kappa shape index (κ3) is 2.33. The van der Waals surface area contributed by atoms with Gasteiger partial charge in [0.15, 0.2) is 0 Å². The zero-order chi connectivity index (χ0) is 8.10. The van der Waals surface area contributed by atoms with E-state index in [4.69, 9.17) is 0 Å². The molecule has 0 unspecified atom stereocenters. The Bertz CT molecular complexity index is 235. The first kappa shape index (κ1) is 7.65. The van der Waals surface area contributed by atoms with Crippen LogP contribution in [0.15, 0.2) is 18.5 Å². The average Bonchev–Trinajstić information content (AvgIpc) is 2.06. The SMILES string of the molecule is CNC(=O)Cc1ccnnc1. The predicted molar refractivity (Wildman–Crippen MR) is 39.8 cm³/mol. The van der Waals surface area contributed by atoms with Gasteiger partial charge in [0, 0.05) is 13.2 Å². The summed E-state index contributed by atoms with van der Waals surface area (Å²) in [6.45, 7) is 0. The Labute approximate surface area is 64.6 Å². The Morgan fingerprint density at radius 3 is 3.00 bits per heavy atom. The molecule has 1 amide bonds. The maximum atomic E-state index is 10.8. The van der Waals surface area contributed by atoms with Crippen molar-refractivity contribution in [1.82, 2.24) is 15.5 Å². The molecule has 1 aromatic rings. The molecule has 1 N–H and O–H groups in total. The number of hydrogen-bond acceptors (Lipinski definition) is 3. The number of hydrogen-bond donors (Lipinski definition) is 1. The highest BCUT2D eigenvalue weighted by Gasteiger charge is 1.98. The van der Waals surface area contributed by atoms with Crippen molar-refractivity contribution in [2.75, 3.05) is 7.05 Å². The van der Waals surface area contributed by atoms with Crippen molar-refractivity contribution in [2.24, 2.45) is 0 Å². The van der Waals surface area contributed by atoms with E-state index in [9.17, 15) is 4.79 Å². The Kier molecular flexibility index (Phi) is 2.54. The normalized spacial score (nSPS) is 9.18. The Morgan fingerprint density at radius 1 is 1.64 bits per heavy atom. The molecule has 0 saturated heterocycles. The van der Waals surface area contributed by atoms with Crippen LogP contribution >= 0.6 is 0 Å². The van der Waals surface area contributed by atoms with Crippen molar-refractivity contribution in [3.05, 3.63) is 24.0 Å². The molecule has 1 rings (SSSR count). The first-order chi connectivity index (χ1) is 5.33. The quantitative estimate of drug-likeness (QED) is 0.635. The third-order valence-electron chi connectivity index (χ3n) is 1.29. The highest BCUT2D eigenvalue weighted by atomic mass is 16.1. The number of carbonyl (C=O) groups excluding carboxylic acids is 1. The predicted octanol–water partition coefficient (Wildman–Crippen LogP) is -0.235. The van der Waals surface area contributed by atoms with Crippen molar-refractivity contribution in [1.29, 1.82) is 0 Å². The lowest BCUT2D eigenvalue weighted by molar-refractivity contribution is -0.119. The molecular formula is C7H9N3O. The summed E-state index contributed by atoms with van der Waals surface area (Å²) in [7, 11) is 1.61. The third-order valence-corrected chi connectivity index (χ3v) is 1.29. The molecule has 0 saturated carbocycles. The minimum Gasteiger partial charge on any atom is -0.359 e. The smallest absolute Gasteiger partial charge is 0.224 e. The molecule has 4 heteroatoms. The zero-order valence-corrected chi connectivity index (χ0v) is 6.24. The fourth-order valence-corrected chi connectivity index (χ4v) is 0.696.